The van der Waals surface area contributed by atoms with Crippen LogP contribution < -0.4 is 5.32 Å². The van der Waals surface area contributed by atoms with Crippen LogP contribution in [0.5, 0.6) is 0 Å². The van der Waals surface area contributed by atoms with Gasteiger partial charge in [-0.25, -0.2) is 0 Å². The van der Waals surface area contributed by atoms with E-state index in [0.717, 1.165) is 6.54 Å². The van der Waals surface area contributed by atoms with E-state index in [1.165, 1.54) is 16.7 Å². The van der Waals surface area contributed by atoms with Gasteiger partial charge in [-0.15, -0.1) is 0 Å². The van der Waals surface area contributed by atoms with Crippen LogP contribution >= 0.6 is 0 Å². The Morgan fingerprint density at radius 1 is 0.882 bits per heavy atom. The van der Waals surface area contributed by atoms with E-state index in [1.807, 2.05) is 0 Å². The summed E-state index contributed by atoms with van der Waals surface area (Å²) in [5.41, 5.74) is 4.47. The quantitative estimate of drug-likeness (QED) is 0.833. The first-order valence-corrected chi connectivity index (χ1v) is 6.44. The lowest BCUT2D eigenvalue weighted by Gasteiger charge is -2.31. The van der Waals surface area contributed by atoms with Crippen LogP contribution in [0.4, 0.5) is 0 Å². The van der Waals surface area contributed by atoms with Crippen molar-refractivity contribution < 1.29 is 0 Å². The largest absolute Gasteiger partial charge is 0.311 e. The van der Waals surface area contributed by atoms with Crippen LogP contribution in [-0.4, -0.2) is 12.1 Å². The Bertz CT molecular complexity index is 363. The molecule has 0 amide bonds. The first-order chi connectivity index (χ1) is 7.60. The number of hydrogen-bond acceptors (Lipinski definition) is 1. The van der Waals surface area contributed by atoms with E-state index in [-0.39, 0.29) is 11.0 Å². The van der Waals surface area contributed by atoms with Crippen LogP contribution in [0.3, 0.4) is 0 Å². The molecule has 96 valence electrons. The molecule has 17 heavy (non-hydrogen) atoms. The zero-order valence-electron chi connectivity index (χ0n) is 12.4. The van der Waals surface area contributed by atoms with Gasteiger partial charge in [-0.3, -0.25) is 0 Å². The molecular weight excluding hydrogens is 206 g/mol. The Kier molecular flexibility index (Phi) is 4.03. The molecule has 1 nitrogen and oxygen atoms in total. The van der Waals surface area contributed by atoms with Gasteiger partial charge in [0.2, 0.25) is 0 Å². The zero-order valence-corrected chi connectivity index (χ0v) is 12.4. The third kappa shape index (κ3) is 4.51. The van der Waals surface area contributed by atoms with Crippen molar-refractivity contribution in [1.29, 1.82) is 0 Å². The van der Waals surface area contributed by atoms with Gasteiger partial charge < -0.3 is 5.32 Å². The Balaban J connectivity index is 2.88. The minimum atomic E-state index is 0.171. The van der Waals surface area contributed by atoms with Crippen molar-refractivity contribution in [3.63, 3.8) is 0 Å². The van der Waals surface area contributed by atoms with Gasteiger partial charge in [-0.1, -0.05) is 43.2 Å². The van der Waals surface area contributed by atoms with Gasteiger partial charge >= 0.3 is 0 Å². The smallest absolute Gasteiger partial charge is 0.00968 e. The molecule has 1 N–H and O–H groups in total. The Hall–Kier alpha value is -0.820. The lowest BCUT2D eigenvalue weighted by atomic mass is 9.82. The molecule has 0 spiro atoms. The molecule has 0 aliphatic heterocycles. The van der Waals surface area contributed by atoms with E-state index in [0.29, 0.717) is 0 Å². The van der Waals surface area contributed by atoms with Gasteiger partial charge in [0, 0.05) is 17.5 Å². The summed E-state index contributed by atoms with van der Waals surface area (Å²) in [6.07, 6.45) is 0. The second kappa shape index (κ2) is 4.81. The SMILES string of the molecule is Cc1cc(C)cc(C(C)(C)CNC(C)(C)C)c1. The standard InChI is InChI=1S/C16H27N/c1-12-8-13(2)10-14(9-12)16(6,7)11-17-15(3,4)5/h8-10,17H,11H2,1-7H3. The lowest BCUT2D eigenvalue weighted by Crippen LogP contribution is -2.43. The molecule has 0 heterocycles. The summed E-state index contributed by atoms with van der Waals surface area (Å²) in [6, 6.07) is 6.84. The highest BCUT2D eigenvalue weighted by Crippen LogP contribution is 2.25. The van der Waals surface area contributed by atoms with Crippen LogP contribution in [0.1, 0.15) is 51.3 Å². The molecular formula is C16H27N. The van der Waals surface area contributed by atoms with E-state index in [1.54, 1.807) is 0 Å². The Labute approximate surface area is 107 Å². The van der Waals surface area contributed by atoms with Crippen LogP contribution in [0.15, 0.2) is 18.2 Å². The molecule has 1 aromatic rings. The number of aryl methyl sites for hydroxylation is 2. The maximum atomic E-state index is 3.60. The maximum Gasteiger partial charge on any atom is 0.00968 e. The van der Waals surface area contributed by atoms with Crippen molar-refractivity contribution in [3.8, 4) is 0 Å². The molecule has 0 aliphatic carbocycles. The highest BCUT2D eigenvalue weighted by atomic mass is 15.0. The molecule has 0 aliphatic rings. The second-order valence-electron chi connectivity index (χ2n) is 6.86. The van der Waals surface area contributed by atoms with Gasteiger partial charge in [0.05, 0.1) is 0 Å². The van der Waals surface area contributed by atoms with Crippen molar-refractivity contribution in [3.05, 3.63) is 34.9 Å². The molecule has 0 fully saturated rings. The van der Waals surface area contributed by atoms with E-state index in [4.69, 9.17) is 0 Å². The Morgan fingerprint density at radius 3 is 1.76 bits per heavy atom. The zero-order chi connectivity index (χ0) is 13.3. The monoisotopic (exact) mass is 233 g/mol. The highest BCUT2D eigenvalue weighted by molar-refractivity contribution is 5.33. The fourth-order valence-corrected chi connectivity index (χ4v) is 1.95. The first-order valence-electron chi connectivity index (χ1n) is 6.44. The van der Waals surface area contributed by atoms with E-state index in [9.17, 15) is 0 Å². The van der Waals surface area contributed by atoms with E-state index < -0.39 is 0 Å². The maximum absolute atomic E-state index is 3.60. The molecule has 0 atom stereocenters. The Morgan fingerprint density at radius 2 is 1.35 bits per heavy atom. The van der Waals surface area contributed by atoms with Crippen molar-refractivity contribution in [2.24, 2.45) is 0 Å². The third-order valence-electron chi connectivity index (χ3n) is 3.06. The minimum absolute atomic E-state index is 0.171. The van der Waals surface area contributed by atoms with Crippen LogP contribution in [0, 0.1) is 13.8 Å². The predicted molar refractivity (Wildman–Crippen MR) is 76.7 cm³/mol. The number of nitrogens with one attached hydrogen (secondary N) is 1. The molecule has 0 unspecified atom stereocenters. The van der Waals surface area contributed by atoms with Crippen LogP contribution in [-0.2, 0) is 5.41 Å². The van der Waals surface area contributed by atoms with Gasteiger partial charge in [0.15, 0.2) is 0 Å². The van der Waals surface area contributed by atoms with Crippen molar-refractivity contribution in [1.82, 2.24) is 5.32 Å². The summed E-state index contributed by atoms with van der Waals surface area (Å²) in [7, 11) is 0. The van der Waals surface area contributed by atoms with Gasteiger partial charge in [0.1, 0.15) is 0 Å². The van der Waals surface area contributed by atoms with Gasteiger partial charge in [-0.2, -0.15) is 0 Å². The third-order valence-corrected chi connectivity index (χ3v) is 3.06. The molecule has 0 radical (unpaired) electrons. The van der Waals surface area contributed by atoms with Gasteiger partial charge in [-0.05, 0) is 40.2 Å². The summed E-state index contributed by atoms with van der Waals surface area (Å²) in [6.45, 7) is 16.6. The summed E-state index contributed by atoms with van der Waals surface area (Å²) >= 11 is 0. The fourth-order valence-electron chi connectivity index (χ4n) is 1.95. The molecule has 0 bridgehead atoms. The highest BCUT2D eigenvalue weighted by Gasteiger charge is 2.23. The van der Waals surface area contributed by atoms with Crippen LogP contribution in [0.25, 0.3) is 0 Å². The lowest BCUT2D eigenvalue weighted by molar-refractivity contribution is 0.363. The number of hydrogen-bond donors (Lipinski definition) is 1. The van der Waals surface area contributed by atoms with E-state index >= 15 is 0 Å². The molecule has 1 aromatic carbocycles. The summed E-state index contributed by atoms with van der Waals surface area (Å²) in [5, 5.41) is 3.60. The van der Waals surface area contributed by atoms with E-state index in [2.05, 4.69) is 72.0 Å². The molecule has 0 aromatic heterocycles. The normalized spacial score (nSPS) is 12.9. The molecule has 0 saturated heterocycles. The molecule has 1 rings (SSSR count). The molecule has 1 heteroatoms. The number of benzene rings is 1. The number of rotatable bonds is 3. The van der Waals surface area contributed by atoms with Crippen LogP contribution in [0.2, 0.25) is 0 Å². The average Bonchev–Trinajstić information content (AvgIpc) is 2.12. The molecule has 0 saturated carbocycles. The summed E-state index contributed by atoms with van der Waals surface area (Å²) in [4.78, 5) is 0. The first kappa shape index (κ1) is 14.2. The summed E-state index contributed by atoms with van der Waals surface area (Å²) in [5.74, 6) is 0. The van der Waals surface area contributed by atoms with Crippen molar-refractivity contribution >= 4 is 0 Å². The van der Waals surface area contributed by atoms with Crippen molar-refractivity contribution in [2.75, 3.05) is 6.54 Å². The average molecular weight is 233 g/mol. The fraction of sp³-hybridized carbons (Fsp3) is 0.625. The topological polar surface area (TPSA) is 12.0 Å². The minimum Gasteiger partial charge on any atom is -0.311 e. The predicted octanol–water partition coefficient (Wildman–Crippen LogP) is 3.97. The summed E-state index contributed by atoms with van der Waals surface area (Å²) < 4.78 is 0. The van der Waals surface area contributed by atoms with Gasteiger partial charge in [0.25, 0.3) is 0 Å². The second-order valence-corrected chi connectivity index (χ2v) is 6.86. The van der Waals surface area contributed by atoms with Crippen molar-refractivity contribution in [2.45, 2.75) is 59.4 Å².